The van der Waals surface area contributed by atoms with Gasteiger partial charge in [-0.3, -0.25) is 0 Å². The first-order valence-corrected chi connectivity index (χ1v) is 9.90. The highest BCUT2D eigenvalue weighted by Crippen LogP contribution is 2.01. The summed E-state index contributed by atoms with van der Waals surface area (Å²) in [5.74, 6) is 0. The molecule has 0 aliphatic carbocycles. The van der Waals surface area contributed by atoms with Crippen LogP contribution in [0, 0.1) is 0 Å². The third kappa shape index (κ3) is 5.03. The van der Waals surface area contributed by atoms with E-state index in [0.717, 1.165) is 6.04 Å². The molecule has 0 atom stereocenters. The zero-order valence-corrected chi connectivity index (χ0v) is 14.9. The standard InChI is InChI=1S/C20H33N3/c1-2-21-15-17-23(18-16-21)20-10-13-22(14-11-20)12-6-9-19-7-4-3-5-8-19/h3-5,7-8,20H,2,6,9-18H2,1H3/p+3. The molecule has 2 saturated heterocycles. The molecule has 0 bridgehead atoms. The first-order valence-electron chi connectivity index (χ1n) is 9.90. The molecule has 0 amide bonds. The van der Waals surface area contributed by atoms with Gasteiger partial charge in [0.25, 0.3) is 0 Å². The molecule has 0 saturated carbocycles. The summed E-state index contributed by atoms with van der Waals surface area (Å²) < 4.78 is 0. The number of benzene rings is 1. The molecule has 23 heavy (non-hydrogen) atoms. The average Bonchev–Trinajstić information content (AvgIpc) is 2.63. The van der Waals surface area contributed by atoms with Crippen molar-refractivity contribution in [3.8, 4) is 0 Å². The molecule has 0 radical (unpaired) electrons. The summed E-state index contributed by atoms with van der Waals surface area (Å²) in [6, 6.07) is 11.9. The third-order valence-electron chi connectivity index (χ3n) is 6.21. The third-order valence-corrected chi connectivity index (χ3v) is 6.21. The van der Waals surface area contributed by atoms with Crippen molar-refractivity contribution in [3.05, 3.63) is 35.9 Å². The lowest BCUT2D eigenvalue weighted by Gasteiger charge is -2.37. The smallest absolute Gasteiger partial charge is 0.127 e. The Balaban J connectivity index is 1.32. The van der Waals surface area contributed by atoms with Gasteiger partial charge >= 0.3 is 0 Å². The minimum Gasteiger partial charge on any atom is -0.335 e. The van der Waals surface area contributed by atoms with Gasteiger partial charge in [-0.05, 0) is 18.9 Å². The second kappa shape index (κ2) is 8.81. The largest absolute Gasteiger partial charge is 0.335 e. The van der Waals surface area contributed by atoms with Crippen molar-refractivity contribution >= 4 is 0 Å². The van der Waals surface area contributed by atoms with Crippen LogP contribution in [0.4, 0.5) is 0 Å². The van der Waals surface area contributed by atoms with E-state index in [9.17, 15) is 0 Å². The van der Waals surface area contributed by atoms with Gasteiger partial charge in [-0.25, -0.2) is 0 Å². The van der Waals surface area contributed by atoms with Gasteiger partial charge in [-0.1, -0.05) is 30.3 Å². The van der Waals surface area contributed by atoms with Crippen LogP contribution in [0.2, 0.25) is 0 Å². The van der Waals surface area contributed by atoms with E-state index >= 15 is 0 Å². The topological polar surface area (TPSA) is 13.3 Å². The minimum absolute atomic E-state index is 0.964. The molecule has 2 aliphatic rings. The molecular formula is C20H36N3+3. The van der Waals surface area contributed by atoms with Gasteiger partial charge in [-0.2, -0.15) is 0 Å². The van der Waals surface area contributed by atoms with Gasteiger partial charge in [0, 0.05) is 19.3 Å². The Labute approximate surface area is 142 Å². The second-order valence-electron chi connectivity index (χ2n) is 7.63. The molecule has 3 nitrogen and oxygen atoms in total. The number of hydrogen-bond donors (Lipinski definition) is 3. The van der Waals surface area contributed by atoms with Gasteiger partial charge in [0.15, 0.2) is 0 Å². The Hall–Kier alpha value is -0.900. The molecule has 1 aromatic rings. The van der Waals surface area contributed by atoms with E-state index in [0.29, 0.717) is 0 Å². The van der Waals surface area contributed by atoms with Crippen molar-refractivity contribution in [2.24, 2.45) is 0 Å². The summed E-state index contributed by atoms with van der Waals surface area (Å²) in [6.07, 6.45) is 5.51. The highest BCUT2D eigenvalue weighted by Gasteiger charge is 2.32. The number of quaternary nitrogens is 3. The summed E-state index contributed by atoms with van der Waals surface area (Å²) in [6.45, 7) is 13.5. The molecule has 2 heterocycles. The molecule has 3 rings (SSSR count). The number of likely N-dealkylation sites (N-methyl/N-ethyl adjacent to an activating group) is 1. The molecule has 2 aliphatic heterocycles. The van der Waals surface area contributed by atoms with Crippen molar-refractivity contribution in [2.45, 2.75) is 38.6 Å². The van der Waals surface area contributed by atoms with Crippen LogP contribution >= 0.6 is 0 Å². The van der Waals surface area contributed by atoms with Crippen molar-refractivity contribution in [1.82, 2.24) is 0 Å². The molecule has 0 spiro atoms. The second-order valence-corrected chi connectivity index (χ2v) is 7.63. The predicted octanol–water partition coefficient (Wildman–Crippen LogP) is -1.53. The number of piperidine rings is 1. The molecule has 1 aromatic carbocycles. The van der Waals surface area contributed by atoms with Crippen LogP contribution in [0.5, 0.6) is 0 Å². The summed E-state index contributed by atoms with van der Waals surface area (Å²) in [4.78, 5) is 5.60. The molecule has 3 N–H and O–H groups in total. The fourth-order valence-electron chi connectivity index (χ4n) is 4.56. The Kier molecular flexibility index (Phi) is 6.49. The van der Waals surface area contributed by atoms with E-state index in [4.69, 9.17) is 0 Å². The van der Waals surface area contributed by atoms with Gasteiger partial charge in [0.05, 0.1) is 32.2 Å². The molecule has 0 unspecified atom stereocenters. The molecule has 0 aromatic heterocycles. The Morgan fingerprint density at radius 1 is 0.870 bits per heavy atom. The first-order chi connectivity index (χ1) is 11.3. The number of nitrogens with one attached hydrogen (secondary N) is 3. The summed E-state index contributed by atoms with van der Waals surface area (Å²) in [7, 11) is 0. The first kappa shape index (κ1) is 16.9. The molecule has 128 valence electrons. The van der Waals surface area contributed by atoms with Crippen molar-refractivity contribution in [3.63, 3.8) is 0 Å². The maximum atomic E-state index is 2.33. The van der Waals surface area contributed by atoms with E-state index in [-0.39, 0.29) is 0 Å². The number of likely N-dealkylation sites (tertiary alicyclic amines) is 1. The summed E-state index contributed by atoms with van der Waals surface area (Å²) in [5, 5.41) is 0. The molecule has 2 fully saturated rings. The lowest BCUT2D eigenvalue weighted by molar-refractivity contribution is -1.03. The number of rotatable bonds is 6. The lowest BCUT2D eigenvalue weighted by atomic mass is 10.0. The van der Waals surface area contributed by atoms with E-state index in [1.54, 1.807) is 0 Å². The normalized spacial score (nSPS) is 31.9. The van der Waals surface area contributed by atoms with Crippen LogP contribution in [0.15, 0.2) is 30.3 Å². The van der Waals surface area contributed by atoms with Crippen LogP contribution < -0.4 is 14.7 Å². The van der Waals surface area contributed by atoms with Gasteiger partial charge in [0.2, 0.25) is 0 Å². The lowest BCUT2D eigenvalue weighted by Crippen LogP contribution is -3.30. The molecule has 3 heteroatoms. The Morgan fingerprint density at radius 3 is 2.22 bits per heavy atom. The van der Waals surface area contributed by atoms with Crippen LogP contribution in [0.25, 0.3) is 0 Å². The number of piperazine rings is 1. The fourth-order valence-corrected chi connectivity index (χ4v) is 4.56. The van der Waals surface area contributed by atoms with E-state index in [1.165, 1.54) is 83.6 Å². The van der Waals surface area contributed by atoms with E-state index in [1.807, 2.05) is 14.7 Å². The Bertz CT molecular complexity index is 431. The van der Waals surface area contributed by atoms with Crippen LogP contribution in [0.1, 0.15) is 31.7 Å². The monoisotopic (exact) mass is 318 g/mol. The summed E-state index contributed by atoms with van der Waals surface area (Å²) >= 11 is 0. The highest BCUT2D eigenvalue weighted by atomic mass is 15.3. The van der Waals surface area contributed by atoms with E-state index < -0.39 is 0 Å². The number of aryl methyl sites for hydroxylation is 1. The van der Waals surface area contributed by atoms with Gasteiger partial charge < -0.3 is 14.7 Å². The zero-order valence-electron chi connectivity index (χ0n) is 14.9. The minimum atomic E-state index is 0.964. The van der Waals surface area contributed by atoms with E-state index in [2.05, 4.69) is 37.3 Å². The summed E-state index contributed by atoms with van der Waals surface area (Å²) in [5.41, 5.74) is 1.50. The van der Waals surface area contributed by atoms with Crippen molar-refractivity contribution in [2.75, 3.05) is 52.4 Å². The van der Waals surface area contributed by atoms with Gasteiger partial charge in [-0.15, -0.1) is 0 Å². The van der Waals surface area contributed by atoms with Crippen molar-refractivity contribution in [1.29, 1.82) is 0 Å². The fraction of sp³-hybridized carbons (Fsp3) is 0.700. The SMILES string of the molecule is CC[NH+]1CC[NH+](C2CC[NH+](CCCc3ccccc3)CC2)CC1. The predicted molar refractivity (Wildman–Crippen MR) is 95.3 cm³/mol. The van der Waals surface area contributed by atoms with Crippen LogP contribution in [0.3, 0.4) is 0 Å². The molecular weight excluding hydrogens is 282 g/mol. The van der Waals surface area contributed by atoms with Crippen LogP contribution in [-0.4, -0.2) is 58.4 Å². The maximum Gasteiger partial charge on any atom is 0.127 e. The Morgan fingerprint density at radius 2 is 1.57 bits per heavy atom. The van der Waals surface area contributed by atoms with Crippen LogP contribution in [-0.2, 0) is 6.42 Å². The quantitative estimate of drug-likeness (QED) is 0.563. The van der Waals surface area contributed by atoms with Gasteiger partial charge in [0.1, 0.15) is 26.2 Å². The van der Waals surface area contributed by atoms with Crippen molar-refractivity contribution < 1.29 is 14.7 Å². The average molecular weight is 319 g/mol. The highest BCUT2D eigenvalue weighted by molar-refractivity contribution is 5.14. The zero-order chi connectivity index (χ0) is 15.9. The maximum absolute atomic E-state index is 2.33. The number of hydrogen-bond acceptors (Lipinski definition) is 0.